The highest BCUT2D eigenvalue weighted by Gasteiger charge is 2.20. The number of hydrogen-bond donors (Lipinski definition) is 4. The third-order valence-corrected chi connectivity index (χ3v) is 6.29. The molecule has 0 radical (unpaired) electrons. The van der Waals surface area contributed by atoms with E-state index >= 15 is 0 Å². The lowest BCUT2D eigenvalue weighted by Crippen LogP contribution is -2.52. The van der Waals surface area contributed by atoms with Crippen LogP contribution in [0.25, 0.3) is 12.2 Å². The zero-order valence-corrected chi connectivity index (χ0v) is 23.0. The van der Waals surface area contributed by atoms with Gasteiger partial charge in [0.25, 0.3) is 0 Å². The van der Waals surface area contributed by atoms with Crippen molar-refractivity contribution < 1.29 is 0 Å². The Morgan fingerprint density at radius 1 is 0.639 bits per heavy atom. The van der Waals surface area contributed by atoms with Gasteiger partial charge in [-0.1, -0.05) is 89.8 Å². The van der Waals surface area contributed by atoms with Gasteiger partial charge in [0.05, 0.1) is 18.0 Å². The van der Waals surface area contributed by atoms with Crippen molar-refractivity contribution in [1.82, 2.24) is 10.9 Å². The highest BCUT2D eigenvalue weighted by molar-refractivity contribution is 5.71. The van der Waals surface area contributed by atoms with Gasteiger partial charge in [-0.15, -0.1) is 0 Å². The van der Waals surface area contributed by atoms with Crippen molar-refractivity contribution >= 4 is 23.5 Å². The van der Waals surface area contributed by atoms with Crippen molar-refractivity contribution in [3.05, 3.63) is 59.7 Å². The molecule has 6 nitrogen and oxygen atoms in total. The molecule has 36 heavy (non-hydrogen) atoms. The molecule has 0 aromatic heterocycles. The molecule has 0 aliphatic heterocycles. The van der Waals surface area contributed by atoms with E-state index in [0.29, 0.717) is 0 Å². The predicted octanol–water partition coefficient (Wildman–Crippen LogP) is 6.25. The first-order chi connectivity index (χ1) is 17.5. The number of hydrazine groups is 2. The predicted molar refractivity (Wildman–Crippen MR) is 158 cm³/mol. The molecule has 0 saturated heterocycles. The molecular formula is C30H50N6. The van der Waals surface area contributed by atoms with Crippen molar-refractivity contribution in [1.29, 1.82) is 0 Å². The van der Waals surface area contributed by atoms with Crippen LogP contribution < -0.4 is 32.3 Å². The average Bonchev–Trinajstić information content (AvgIpc) is 2.88. The largest absolute Gasteiger partial charge is 0.341 e. The summed E-state index contributed by atoms with van der Waals surface area (Å²) in [4.78, 5) is 2.17. The average molecular weight is 495 g/mol. The number of rotatable bonds is 18. The Hall–Kier alpha value is -2.38. The van der Waals surface area contributed by atoms with E-state index in [1.165, 1.54) is 18.4 Å². The zero-order chi connectivity index (χ0) is 26.2. The molecule has 0 aliphatic carbocycles. The number of nitrogens with one attached hydrogen (secondary N) is 2. The van der Waals surface area contributed by atoms with E-state index in [1.54, 1.807) is 0 Å². The highest BCUT2D eigenvalue weighted by atomic mass is 15.7. The van der Waals surface area contributed by atoms with E-state index in [-0.39, 0.29) is 12.3 Å². The van der Waals surface area contributed by atoms with Gasteiger partial charge in [-0.3, -0.25) is 0 Å². The van der Waals surface area contributed by atoms with Gasteiger partial charge in [-0.25, -0.2) is 16.0 Å². The minimum Gasteiger partial charge on any atom is -0.341 e. The number of hydrogen-bond acceptors (Lipinski definition) is 6. The molecule has 0 spiro atoms. The van der Waals surface area contributed by atoms with E-state index in [0.717, 1.165) is 68.6 Å². The third kappa shape index (κ3) is 9.94. The van der Waals surface area contributed by atoms with Gasteiger partial charge in [0.2, 0.25) is 0 Å². The summed E-state index contributed by atoms with van der Waals surface area (Å²) in [6.07, 6.45) is 12.8. The topological polar surface area (TPSA) is 82.6 Å². The maximum absolute atomic E-state index is 6.49. The normalized spacial score (nSPS) is 13.2. The summed E-state index contributed by atoms with van der Waals surface area (Å²) >= 11 is 0. The number of anilines is 2. The van der Waals surface area contributed by atoms with Crippen LogP contribution in [0.3, 0.4) is 0 Å². The van der Waals surface area contributed by atoms with Gasteiger partial charge in [-0.05, 0) is 61.1 Å². The summed E-state index contributed by atoms with van der Waals surface area (Å²) in [5.41, 5.74) is 24.5. The summed E-state index contributed by atoms with van der Waals surface area (Å²) in [6, 6.07) is 17.2. The summed E-state index contributed by atoms with van der Waals surface area (Å²) in [5, 5.41) is 2.07. The van der Waals surface area contributed by atoms with Crippen LogP contribution in [0.2, 0.25) is 0 Å². The van der Waals surface area contributed by atoms with E-state index in [1.807, 2.05) is 0 Å². The second kappa shape index (κ2) is 17.1. The monoisotopic (exact) mass is 494 g/mol. The maximum Gasteiger partial charge on any atom is 0.0786 e. The molecule has 6 heteroatoms. The molecule has 2 aromatic rings. The minimum atomic E-state index is -0.0658. The van der Waals surface area contributed by atoms with Crippen LogP contribution in [0.1, 0.15) is 90.2 Å². The summed E-state index contributed by atoms with van der Waals surface area (Å²) < 4.78 is 0. The van der Waals surface area contributed by atoms with Gasteiger partial charge in [0, 0.05) is 18.8 Å². The molecule has 0 heterocycles. The molecular weight excluding hydrogens is 444 g/mol. The number of nitrogens with zero attached hydrogens (tertiary/aromatic N) is 2. The standard InChI is InChI=1S/C30H50N6/c1-5-9-23-33-36(34-24-10-6-2)28-21-17-26(18-22-28)14-13-25-15-19-27(20-16-25)35(29(31)11-7-3)30(32)12-8-4/h13-22,29-30,33-34H,5-12,23-24,31-32H2,1-4H3/b14-13+. The van der Waals surface area contributed by atoms with Crippen LogP contribution in [-0.2, 0) is 0 Å². The Labute approximate surface area is 220 Å². The van der Waals surface area contributed by atoms with Crippen LogP contribution >= 0.6 is 0 Å². The third-order valence-electron chi connectivity index (χ3n) is 6.29. The SMILES string of the molecule is CCCCNN(NCCCC)c1ccc(/C=C/c2ccc(N(C(N)CCC)C(N)CCC)cc2)cc1. The van der Waals surface area contributed by atoms with Crippen LogP contribution in [0, 0.1) is 0 Å². The molecule has 2 atom stereocenters. The molecule has 200 valence electrons. The Bertz CT molecular complexity index is 827. The van der Waals surface area contributed by atoms with Crippen LogP contribution in [-0.4, -0.2) is 25.4 Å². The summed E-state index contributed by atoms with van der Waals surface area (Å²) in [7, 11) is 0. The van der Waals surface area contributed by atoms with Crippen molar-refractivity contribution in [2.45, 2.75) is 91.4 Å². The lowest BCUT2D eigenvalue weighted by atomic mass is 10.1. The van der Waals surface area contributed by atoms with Gasteiger partial charge < -0.3 is 16.4 Å². The van der Waals surface area contributed by atoms with Crippen molar-refractivity contribution in [2.75, 3.05) is 23.1 Å². The van der Waals surface area contributed by atoms with Gasteiger partial charge in [-0.2, -0.15) is 0 Å². The molecule has 0 fully saturated rings. The van der Waals surface area contributed by atoms with Crippen molar-refractivity contribution in [2.24, 2.45) is 11.5 Å². The maximum atomic E-state index is 6.49. The number of unbranched alkanes of at least 4 members (excludes halogenated alkanes) is 2. The number of nitrogens with two attached hydrogens (primary N) is 2. The number of benzene rings is 2. The molecule has 0 amide bonds. The van der Waals surface area contributed by atoms with Crippen molar-refractivity contribution in [3.8, 4) is 0 Å². The van der Waals surface area contributed by atoms with Crippen LogP contribution in [0.15, 0.2) is 48.5 Å². The Balaban J connectivity index is 2.07. The molecule has 0 bridgehead atoms. The molecule has 2 unspecified atom stereocenters. The van der Waals surface area contributed by atoms with E-state index in [4.69, 9.17) is 11.5 Å². The smallest absolute Gasteiger partial charge is 0.0786 e. The van der Waals surface area contributed by atoms with Gasteiger partial charge >= 0.3 is 0 Å². The highest BCUT2D eigenvalue weighted by Crippen LogP contribution is 2.22. The van der Waals surface area contributed by atoms with E-state index in [9.17, 15) is 0 Å². The van der Waals surface area contributed by atoms with Crippen LogP contribution in [0.5, 0.6) is 0 Å². The molecule has 0 aliphatic rings. The summed E-state index contributed by atoms with van der Waals surface area (Å²) in [6.45, 7) is 10.7. The fourth-order valence-corrected chi connectivity index (χ4v) is 4.16. The second-order valence-corrected chi connectivity index (χ2v) is 9.49. The molecule has 2 rings (SSSR count). The first kappa shape index (κ1) is 29.8. The second-order valence-electron chi connectivity index (χ2n) is 9.49. The lowest BCUT2D eigenvalue weighted by Gasteiger charge is -2.36. The summed E-state index contributed by atoms with van der Waals surface area (Å²) in [5.74, 6) is 0. The fraction of sp³-hybridized carbons (Fsp3) is 0.533. The van der Waals surface area contributed by atoms with Crippen LogP contribution in [0.4, 0.5) is 11.4 Å². The molecule has 6 N–H and O–H groups in total. The van der Waals surface area contributed by atoms with E-state index in [2.05, 4.69) is 109 Å². The molecule has 0 saturated carbocycles. The lowest BCUT2D eigenvalue weighted by molar-refractivity contribution is 0.469. The minimum absolute atomic E-state index is 0.0658. The first-order valence-corrected chi connectivity index (χ1v) is 14.0. The Morgan fingerprint density at radius 2 is 1.06 bits per heavy atom. The van der Waals surface area contributed by atoms with Gasteiger partial charge in [0.1, 0.15) is 0 Å². The van der Waals surface area contributed by atoms with Gasteiger partial charge in [0.15, 0.2) is 0 Å². The van der Waals surface area contributed by atoms with E-state index < -0.39 is 0 Å². The zero-order valence-electron chi connectivity index (χ0n) is 23.0. The quantitative estimate of drug-likeness (QED) is 0.0849. The van der Waals surface area contributed by atoms with Crippen molar-refractivity contribution in [3.63, 3.8) is 0 Å². The molecule has 2 aromatic carbocycles. The first-order valence-electron chi connectivity index (χ1n) is 14.0. The Kier molecular flexibility index (Phi) is 14.2. The Morgan fingerprint density at radius 3 is 1.44 bits per heavy atom. The fourth-order valence-electron chi connectivity index (χ4n) is 4.16.